The van der Waals surface area contributed by atoms with E-state index in [-0.39, 0.29) is 20.5 Å². The molecule has 0 aliphatic carbocycles. The highest BCUT2D eigenvalue weighted by Crippen LogP contribution is 2.33. The third kappa shape index (κ3) is 1.92. The molecule has 0 aromatic carbocycles. The Kier molecular flexibility index (Phi) is 3.00. The van der Waals surface area contributed by atoms with E-state index in [0.29, 0.717) is 0 Å². The van der Waals surface area contributed by atoms with Gasteiger partial charge in [0.2, 0.25) is 0 Å². The molecule has 1 aromatic rings. The van der Waals surface area contributed by atoms with Gasteiger partial charge in [-0.25, -0.2) is 13.8 Å². The van der Waals surface area contributed by atoms with Crippen molar-refractivity contribution >= 4 is 37.7 Å². The Morgan fingerprint density at radius 3 is 2.42 bits per heavy atom. The number of anilines is 1. The summed E-state index contributed by atoms with van der Waals surface area (Å²) in [4.78, 5) is 3.64. The van der Waals surface area contributed by atoms with Crippen LogP contribution in [0, 0.1) is 0 Å². The van der Waals surface area contributed by atoms with E-state index in [2.05, 4.69) is 36.8 Å². The number of halogens is 4. The number of hydrogen-bond donors (Lipinski definition) is 1. The molecule has 0 saturated carbocycles. The largest absolute Gasteiger partial charge is 0.384 e. The summed E-state index contributed by atoms with van der Waals surface area (Å²) in [6, 6.07) is 1.34. The number of rotatable bonds is 1. The fourth-order valence-corrected chi connectivity index (χ4v) is 2.16. The second-order valence-corrected chi connectivity index (χ2v) is 3.64. The lowest BCUT2D eigenvalue weighted by atomic mass is 10.3. The molecule has 1 heterocycles. The summed E-state index contributed by atoms with van der Waals surface area (Å²) in [5, 5.41) is 0. The summed E-state index contributed by atoms with van der Waals surface area (Å²) in [6.07, 6.45) is -2.57. The molecular weight excluding hydrogens is 298 g/mol. The van der Waals surface area contributed by atoms with Crippen LogP contribution in [0.1, 0.15) is 12.0 Å². The molecule has 0 saturated heterocycles. The van der Waals surface area contributed by atoms with E-state index in [0.717, 1.165) is 0 Å². The van der Waals surface area contributed by atoms with Crippen molar-refractivity contribution in [1.82, 2.24) is 4.98 Å². The van der Waals surface area contributed by atoms with Crippen molar-refractivity contribution in [3.8, 4) is 0 Å². The molecule has 0 amide bonds. The van der Waals surface area contributed by atoms with Crippen molar-refractivity contribution in [3.05, 3.63) is 20.7 Å². The maximum absolute atomic E-state index is 12.3. The van der Waals surface area contributed by atoms with E-state index in [9.17, 15) is 8.78 Å². The Morgan fingerprint density at radius 1 is 1.42 bits per heavy atom. The van der Waals surface area contributed by atoms with Crippen LogP contribution in [0.4, 0.5) is 14.6 Å². The van der Waals surface area contributed by atoms with Gasteiger partial charge in [0.15, 0.2) is 0 Å². The van der Waals surface area contributed by atoms with Crippen LogP contribution in [0.3, 0.4) is 0 Å². The van der Waals surface area contributed by atoms with E-state index in [1.807, 2.05) is 0 Å². The molecular formula is C6H4Br2F2N2. The summed E-state index contributed by atoms with van der Waals surface area (Å²) in [5.74, 6) is 0.193. The Hall–Kier alpha value is -0.230. The van der Waals surface area contributed by atoms with Crippen LogP contribution < -0.4 is 5.73 Å². The molecule has 0 fully saturated rings. The highest BCUT2D eigenvalue weighted by molar-refractivity contribution is 9.11. The Bertz CT molecular complexity index is 281. The molecule has 12 heavy (non-hydrogen) atoms. The normalized spacial score (nSPS) is 10.8. The Morgan fingerprint density at radius 2 is 2.00 bits per heavy atom. The van der Waals surface area contributed by atoms with E-state index < -0.39 is 6.43 Å². The molecule has 2 N–H and O–H groups in total. The summed E-state index contributed by atoms with van der Waals surface area (Å²) >= 11 is 5.87. The van der Waals surface area contributed by atoms with Crippen LogP contribution >= 0.6 is 31.9 Å². The summed E-state index contributed by atoms with van der Waals surface area (Å²) in [6.45, 7) is 0. The minimum Gasteiger partial charge on any atom is -0.384 e. The fraction of sp³-hybridized carbons (Fsp3) is 0.167. The molecule has 6 heteroatoms. The minimum atomic E-state index is -2.57. The number of alkyl halides is 2. The van der Waals surface area contributed by atoms with Gasteiger partial charge in [0.1, 0.15) is 10.4 Å². The van der Waals surface area contributed by atoms with Crippen LogP contribution in [0.25, 0.3) is 0 Å². The molecule has 1 rings (SSSR count). The standard InChI is InChI=1S/C6H4Br2F2N2/c7-2-1-3(11)12-5(8)4(2)6(9)10/h1,6H,(H2,11,12). The van der Waals surface area contributed by atoms with Crippen molar-refractivity contribution in [3.63, 3.8) is 0 Å². The van der Waals surface area contributed by atoms with Crippen molar-refractivity contribution < 1.29 is 8.78 Å². The van der Waals surface area contributed by atoms with E-state index >= 15 is 0 Å². The molecule has 1 aromatic heterocycles. The first-order valence-electron chi connectivity index (χ1n) is 2.92. The zero-order valence-corrected chi connectivity index (χ0v) is 8.86. The smallest absolute Gasteiger partial charge is 0.267 e. The first-order chi connectivity index (χ1) is 5.52. The monoisotopic (exact) mass is 300 g/mol. The molecule has 66 valence electrons. The number of pyridine rings is 1. The maximum Gasteiger partial charge on any atom is 0.267 e. The zero-order valence-electron chi connectivity index (χ0n) is 5.69. The van der Waals surface area contributed by atoms with E-state index in [1.54, 1.807) is 0 Å². The van der Waals surface area contributed by atoms with Gasteiger partial charge >= 0.3 is 0 Å². The molecule has 0 radical (unpaired) electrons. The Balaban J connectivity index is 3.28. The third-order valence-corrected chi connectivity index (χ3v) is 2.46. The quantitative estimate of drug-likeness (QED) is 0.810. The first kappa shape index (κ1) is 9.85. The van der Waals surface area contributed by atoms with Gasteiger partial charge in [-0.15, -0.1) is 0 Å². The van der Waals surface area contributed by atoms with Gasteiger partial charge in [0.25, 0.3) is 6.43 Å². The Labute approximate surface area is 84.4 Å². The van der Waals surface area contributed by atoms with Gasteiger partial charge in [-0.1, -0.05) is 15.9 Å². The second kappa shape index (κ2) is 3.66. The molecule has 0 unspecified atom stereocenters. The van der Waals surface area contributed by atoms with Gasteiger partial charge in [0.05, 0.1) is 5.56 Å². The van der Waals surface area contributed by atoms with Gasteiger partial charge in [-0.2, -0.15) is 0 Å². The number of hydrogen-bond acceptors (Lipinski definition) is 2. The molecule has 0 atom stereocenters. The van der Waals surface area contributed by atoms with Crippen LogP contribution in [-0.4, -0.2) is 4.98 Å². The van der Waals surface area contributed by atoms with E-state index in [4.69, 9.17) is 5.73 Å². The number of nitrogen functional groups attached to an aromatic ring is 1. The number of nitrogens with zero attached hydrogens (tertiary/aromatic N) is 1. The molecule has 2 nitrogen and oxygen atoms in total. The molecule has 0 bridgehead atoms. The predicted octanol–water partition coefficient (Wildman–Crippen LogP) is 3.13. The summed E-state index contributed by atoms with van der Waals surface area (Å²) in [5.41, 5.74) is 5.14. The first-order valence-corrected chi connectivity index (χ1v) is 4.50. The summed E-state index contributed by atoms with van der Waals surface area (Å²) < 4.78 is 24.9. The van der Waals surface area contributed by atoms with Gasteiger partial charge in [0, 0.05) is 4.47 Å². The van der Waals surface area contributed by atoms with Gasteiger partial charge < -0.3 is 5.73 Å². The van der Waals surface area contributed by atoms with Crippen LogP contribution in [0.15, 0.2) is 15.1 Å². The lowest BCUT2D eigenvalue weighted by molar-refractivity contribution is 0.149. The topological polar surface area (TPSA) is 38.9 Å². The fourth-order valence-electron chi connectivity index (χ4n) is 0.706. The highest BCUT2D eigenvalue weighted by Gasteiger charge is 2.17. The summed E-state index contributed by atoms with van der Waals surface area (Å²) in [7, 11) is 0. The van der Waals surface area contributed by atoms with Gasteiger partial charge in [-0.05, 0) is 22.0 Å². The third-order valence-electron chi connectivity index (χ3n) is 1.20. The van der Waals surface area contributed by atoms with Crippen molar-refractivity contribution in [2.24, 2.45) is 0 Å². The van der Waals surface area contributed by atoms with Crippen molar-refractivity contribution in [2.75, 3.05) is 5.73 Å². The zero-order chi connectivity index (χ0) is 9.30. The van der Waals surface area contributed by atoms with Crippen molar-refractivity contribution in [1.29, 1.82) is 0 Å². The SMILES string of the molecule is Nc1cc(Br)c(C(F)F)c(Br)n1. The highest BCUT2D eigenvalue weighted by atomic mass is 79.9. The average Bonchev–Trinajstić information content (AvgIpc) is 1.82. The van der Waals surface area contributed by atoms with Crippen LogP contribution in [0.5, 0.6) is 0 Å². The minimum absolute atomic E-state index is 0.0735. The molecule has 0 aliphatic rings. The maximum atomic E-state index is 12.3. The lowest BCUT2D eigenvalue weighted by Gasteiger charge is -2.05. The number of nitrogens with two attached hydrogens (primary N) is 1. The predicted molar refractivity (Wildman–Crippen MR) is 49.0 cm³/mol. The average molecular weight is 302 g/mol. The van der Waals surface area contributed by atoms with Crippen LogP contribution in [0.2, 0.25) is 0 Å². The van der Waals surface area contributed by atoms with Crippen LogP contribution in [-0.2, 0) is 0 Å². The van der Waals surface area contributed by atoms with Gasteiger partial charge in [-0.3, -0.25) is 0 Å². The van der Waals surface area contributed by atoms with E-state index in [1.165, 1.54) is 6.07 Å². The lowest BCUT2D eigenvalue weighted by Crippen LogP contribution is -1.96. The molecule has 0 spiro atoms. The molecule has 0 aliphatic heterocycles. The van der Waals surface area contributed by atoms with Crippen molar-refractivity contribution in [2.45, 2.75) is 6.43 Å². The number of aromatic nitrogens is 1. The second-order valence-electron chi connectivity index (χ2n) is 2.03.